The molecule has 0 aliphatic carbocycles. The summed E-state index contributed by atoms with van der Waals surface area (Å²) in [6.07, 6.45) is 4.98. The first-order chi connectivity index (χ1) is 8.31. The first-order valence-electron chi connectivity index (χ1n) is 7.36. The molecule has 0 bridgehead atoms. The van der Waals surface area contributed by atoms with E-state index in [1.807, 2.05) is 0 Å². The second kappa shape index (κ2) is 8.90. The van der Waals surface area contributed by atoms with Crippen molar-refractivity contribution in [1.29, 1.82) is 0 Å². The second-order valence-electron chi connectivity index (χ2n) is 5.07. The van der Waals surface area contributed by atoms with Crippen LogP contribution in [0, 0.1) is 0 Å². The Hall–Kier alpha value is -0.120. The molecule has 1 aliphatic rings. The predicted molar refractivity (Wildman–Crippen MR) is 73.5 cm³/mol. The van der Waals surface area contributed by atoms with Crippen molar-refractivity contribution in [2.24, 2.45) is 0 Å². The zero-order chi connectivity index (χ0) is 12.5. The Morgan fingerprint density at radius 1 is 1.29 bits per heavy atom. The highest BCUT2D eigenvalue weighted by atomic mass is 16.5. The van der Waals surface area contributed by atoms with E-state index in [2.05, 4.69) is 31.0 Å². The van der Waals surface area contributed by atoms with Gasteiger partial charge in [-0.3, -0.25) is 4.90 Å². The maximum Gasteiger partial charge on any atom is 0.0622 e. The smallest absolute Gasteiger partial charge is 0.0622 e. The first kappa shape index (κ1) is 14.9. The van der Waals surface area contributed by atoms with Gasteiger partial charge in [0.2, 0.25) is 0 Å². The van der Waals surface area contributed by atoms with Crippen molar-refractivity contribution in [3.8, 4) is 0 Å². The zero-order valence-corrected chi connectivity index (χ0v) is 11.9. The predicted octanol–water partition coefficient (Wildman–Crippen LogP) is 2.27. The highest BCUT2D eigenvalue weighted by Gasteiger charge is 2.23. The molecule has 0 aromatic carbocycles. The van der Waals surface area contributed by atoms with Crippen LogP contribution in [0.25, 0.3) is 0 Å². The molecule has 3 heteroatoms. The van der Waals surface area contributed by atoms with Gasteiger partial charge in [-0.2, -0.15) is 0 Å². The van der Waals surface area contributed by atoms with Gasteiger partial charge in [-0.25, -0.2) is 0 Å². The molecule has 1 heterocycles. The molecule has 0 saturated carbocycles. The topological polar surface area (TPSA) is 24.5 Å². The zero-order valence-electron chi connectivity index (χ0n) is 11.9. The Balaban J connectivity index is 2.39. The fourth-order valence-corrected chi connectivity index (χ4v) is 2.54. The van der Waals surface area contributed by atoms with E-state index in [-0.39, 0.29) is 0 Å². The Morgan fingerprint density at radius 3 is 2.76 bits per heavy atom. The molecular weight excluding hydrogens is 212 g/mol. The van der Waals surface area contributed by atoms with E-state index in [0.29, 0.717) is 12.1 Å². The fourth-order valence-electron chi connectivity index (χ4n) is 2.54. The van der Waals surface area contributed by atoms with Gasteiger partial charge in [0.25, 0.3) is 0 Å². The summed E-state index contributed by atoms with van der Waals surface area (Å²) in [4.78, 5) is 2.62. The van der Waals surface area contributed by atoms with E-state index in [1.54, 1.807) is 0 Å². The maximum atomic E-state index is 5.56. The normalized spacial score (nSPS) is 23.8. The van der Waals surface area contributed by atoms with E-state index in [4.69, 9.17) is 4.74 Å². The molecule has 1 rings (SSSR count). The summed E-state index contributed by atoms with van der Waals surface area (Å²) in [5.41, 5.74) is 0. The largest absolute Gasteiger partial charge is 0.378 e. The van der Waals surface area contributed by atoms with Crippen LogP contribution in [0.1, 0.15) is 46.5 Å². The van der Waals surface area contributed by atoms with E-state index in [9.17, 15) is 0 Å². The lowest BCUT2D eigenvalue weighted by atomic mass is 10.1. The molecule has 0 spiro atoms. The van der Waals surface area contributed by atoms with Crippen molar-refractivity contribution in [3.63, 3.8) is 0 Å². The molecule has 102 valence electrons. The fraction of sp³-hybridized carbons (Fsp3) is 1.00. The second-order valence-corrected chi connectivity index (χ2v) is 5.07. The molecule has 0 aromatic heterocycles. The molecule has 1 aliphatic heterocycles. The third kappa shape index (κ3) is 5.36. The van der Waals surface area contributed by atoms with E-state index >= 15 is 0 Å². The molecular formula is C14H30N2O. The van der Waals surface area contributed by atoms with Crippen LogP contribution in [0.3, 0.4) is 0 Å². The average Bonchev–Trinajstić information content (AvgIpc) is 2.37. The maximum absolute atomic E-state index is 5.56. The summed E-state index contributed by atoms with van der Waals surface area (Å²) in [6, 6.07) is 1.29. The molecule has 1 N–H and O–H groups in total. The van der Waals surface area contributed by atoms with Crippen LogP contribution in [-0.2, 0) is 4.74 Å². The molecule has 0 amide bonds. The van der Waals surface area contributed by atoms with Crippen molar-refractivity contribution in [1.82, 2.24) is 10.2 Å². The van der Waals surface area contributed by atoms with Gasteiger partial charge < -0.3 is 10.1 Å². The van der Waals surface area contributed by atoms with Crippen LogP contribution in [0.5, 0.6) is 0 Å². The van der Waals surface area contributed by atoms with Gasteiger partial charge in [-0.1, -0.05) is 27.2 Å². The number of nitrogens with one attached hydrogen (secondary N) is 1. The minimum Gasteiger partial charge on any atom is -0.378 e. The monoisotopic (exact) mass is 242 g/mol. The van der Waals surface area contributed by atoms with Crippen LogP contribution >= 0.6 is 0 Å². The minimum atomic E-state index is 0.631. The number of nitrogens with zero attached hydrogens (tertiary/aromatic N) is 1. The van der Waals surface area contributed by atoms with Gasteiger partial charge in [-0.05, 0) is 25.8 Å². The van der Waals surface area contributed by atoms with Crippen LogP contribution in [-0.4, -0.2) is 49.8 Å². The standard InChI is InChI=1S/C14H30N2O/c1-4-7-13(15-8-5-2)11-16-9-10-17-12-14(16)6-3/h13-15H,4-12H2,1-3H3. The number of rotatable bonds is 8. The third-order valence-corrected chi connectivity index (χ3v) is 3.60. The van der Waals surface area contributed by atoms with E-state index in [0.717, 1.165) is 26.3 Å². The Bertz CT molecular complexity index is 187. The minimum absolute atomic E-state index is 0.631. The van der Waals surface area contributed by atoms with Crippen molar-refractivity contribution >= 4 is 0 Å². The summed E-state index contributed by atoms with van der Waals surface area (Å²) in [5.74, 6) is 0. The lowest BCUT2D eigenvalue weighted by molar-refractivity contribution is -0.0129. The van der Waals surface area contributed by atoms with Crippen molar-refractivity contribution in [2.45, 2.75) is 58.5 Å². The lowest BCUT2D eigenvalue weighted by Gasteiger charge is -2.37. The molecule has 2 atom stereocenters. The molecule has 0 radical (unpaired) electrons. The van der Waals surface area contributed by atoms with Crippen LogP contribution < -0.4 is 5.32 Å². The summed E-state index contributed by atoms with van der Waals surface area (Å²) in [5, 5.41) is 3.68. The van der Waals surface area contributed by atoms with Crippen molar-refractivity contribution < 1.29 is 4.74 Å². The molecule has 3 nitrogen and oxygen atoms in total. The number of hydrogen-bond acceptors (Lipinski definition) is 3. The van der Waals surface area contributed by atoms with Gasteiger partial charge in [0.1, 0.15) is 0 Å². The number of morpholine rings is 1. The quantitative estimate of drug-likeness (QED) is 0.706. The van der Waals surface area contributed by atoms with Gasteiger partial charge in [0.15, 0.2) is 0 Å². The summed E-state index contributed by atoms with van der Waals surface area (Å²) in [6.45, 7) is 12.0. The number of hydrogen-bond donors (Lipinski definition) is 1. The SMILES string of the molecule is CCCNC(CCC)CN1CCOCC1CC. The van der Waals surface area contributed by atoms with Crippen LogP contribution in [0.2, 0.25) is 0 Å². The van der Waals surface area contributed by atoms with Crippen LogP contribution in [0.4, 0.5) is 0 Å². The molecule has 1 saturated heterocycles. The highest BCUT2D eigenvalue weighted by Crippen LogP contribution is 2.12. The Kier molecular flexibility index (Phi) is 7.82. The first-order valence-corrected chi connectivity index (χ1v) is 7.36. The van der Waals surface area contributed by atoms with E-state index < -0.39 is 0 Å². The summed E-state index contributed by atoms with van der Waals surface area (Å²) in [7, 11) is 0. The third-order valence-electron chi connectivity index (χ3n) is 3.60. The molecule has 0 aromatic rings. The van der Waals surface area contributed by atoms with Crippen molar-refractivity contribution in [3.05, 3.63) is 0 Å². The van der Waals surface area contributed by atoms with Gasteiger partial charge in [-0.15, -0.1) is 0 Å². The lowest BCUT2D eigenvalue weighted by Crippen LogP contribution is -2.51. The summed E-state index contributed by atoms with van der Waals surface area (Å²) >= 11 is 0. The highest BCUT2D eigenvalue weighted by molar-refractivity contribution is 4.79. The molecule has 1 fully saturated rings. The van der Waals surface area contributed by atoms with Gasteiger partial charge >= 0.3 is 0 Å². The Labute approximate surface area is 107 Å². The van der Waals surface area contributed by atoms with E-state index in [1.165, 1.54) is 32.2 Å². The van der Waals surface area contributed by atoms with Crippen molar-refractivity contribution in [2.75, 3.05) is 32.8 Å². The van der Waals surface area contributed by atoms with Gasteiger partial charge in [0, 0.05) is 25.2 Å². The average molecular weight is 242 g/mol. The number of ether oxygens (including phenoxy) is 1. The Morgan fingerprint density at radius 2 is 2.12 bits per heavy atom. The van der Waals surface area contributed by atoms with Gasteiger partial charge in [0.05, 0.1) is 13.2 Å². The summed E-state index contributed by atoms with van der Waals surface area (Å²) < 4.78 is 5.56. The molecule has 2 unspecified atom stereocenters. The molecule has 17 heavy (non-hydrogen) atoms. The van der Waals surface area contributed by atoms with Crippen LogP contribution in [0.15, 0.2) is 0 Å².